The molecule has 0 atom stereocenters. The lowest BCUT2D eigenvalue weighted by Crippen LogP contribution is -2.26. The minimum absolute atomic E-state index is 0.0281. The van der Waals surface area contributed by atoms with Crippen molar-refractivity contribution in [3.63, 3.8) is 0 Å². The standard InChI is InChI=1S/C23H21N9O/c1-31-10-7-16(29-31)13-26-23(33)21-22(24)28-20(18-8-11-32(2)30-18)19(27-21)15-5-6-17-14(12-15)4-3-9-25-17/h3-12H,13H2,1-2H3,(H2,24,28)(H,26,33). The maximum absolute atomic E-state index is 12.9. The zero-order chi connectivity index (χ0) is 22.9. The van der Waals surface area contributed by atoms with Crippen molar-refractivity contribution < 1.29 is 4.79 Å². The Morgan fingerprint density at radius 2 is 1.82 bits per heavy atom. The Balaban J connectivity index is 1.58. The number of benzene rings is 1. The lowest BCUT2D eigenvalue weighted by atomic mass is 10.0. The quantitative estimate of drug-likeness (QED) is 0.430. The molecule has 1 amide bonds. The monoisotopic (exact) mass is 439 g/mol. The summed E-state index contributed by atoms with van der Waals surface area (Å²) in [5.41, 5.74) is 10.2. The van der Waals surface area contributed by atoms with Gasteiger partial charge in [0.05, 0.1) is 23.4 Å². The molecule has 0 radical (unpaired) electrons. The van der Waals surface area contributed by atoms with Crippen molar-refractivity contribution in [2.24, 2.45) is 14.1 Å². The van der Waals surface area contributed by atoms with Crippen LogP contribution in [-0.2, 0) is 20.6 Å². The van der Waals surface area contributed by atoms with Crippen LogP contribution in [-0.4, -0.2) is 40.4 Å². The van der Waals surface area contributed by atoms with E-state index in [1.54, 1.807) is 15.6 Å². The van der Waals surface area contributed by atoms with Crippen molar-refractivity contribution in [3.8, 4) is 22.6 Å². The number of nitrogens with two attached hydrogens (primary N) is 1. The van der Waals surface area contributed by atoms with Crippen molar-refractivity contribution in [3.05, 3.63) is 72.4 Å². The van der Waals surface area contributed by atoms with E-state index in [2.05, 4.69) is 30.5 Å². The van der Waals surface area contributed by atoms with Crippen LogP contribution in [0.4, 0.5) is 5.82 Å². The van der Waals surface area contributed by atoms with Gasteiger partial charge in [-0.05, 0) is 30.3 Å². The minimum atomic E-state index is -0.429. The largest absolute Gasteiger partial charge is 0.382 e. The number of nitrogen functional groups attached to an aromatic ring is 1. The molecule has 5 rings (SSSR count). The number of amides is 1. The number of aryl methyl sites for hydroxylation is 2. The number of carbonyl (C=O) groups excluding carboxylic acids is 1. The van der Waals surface area contributed by atoms with Gasteiger partial charge in [0.15, 0.2) is 11.5 Å². The van der Waals surface area contributed by atoms with E-state index in [1.807, 2.05) is 69.0 Å². The Morgan fingerprint density at radius 3 is 2.58 bits per heavy atom. The van der Waals surface area contributed by atoms with E-state index in [0.717, 1.165) is 22.2 Å². The van der Waals surface area contributed by atoms with E-state index in [1.165, 1.54) is 0 Å². The number of anilines is 1. The number of nitrogens with zero attached hydrogens (tertiary/aromatic N) is 7. The number of pyridine rings is 1. The van der Waals surface area contributed by atoms with E-state index >= 15 is 0 Å². The summed E-state index contributed by atoms with van der Waals surface area (Å²) in [4.78, 5) is 26.5. The Labute approximate surface area is 189 Å². The molecule has 0 saturated heterocycles. The number of hydrogen-bond acceptors (Lipinski definition) is 7. The third-order valence-electron chi connectivity index (χ3n) is 5.17. The van der Waals surface area contributed by atoms with Crippen LogP contribution in [0.5, 0.6) is 0 Å². The first kappa shape index (κ1) is 20.3. The van der Waals surface area contributed by atoms with Gasteiger partial charge in [-0.1, -0.05) is 12.1 Å². The highest BCUT2D eigenvalue weighted by molar-refractivity contribution is 5.98. The highest BCUT2D eigenvalue weighted by Crippen LogP contribution is 2.31. The Kier molecular flexibility index (Phi) is 5.02. The molecule has 10 nitrogen and oxygen atoms in total. The molecule has 0 aliphatic rings. The van der Waals surface area contributed by atoms with E-state index in [9.17, 15) is 4.79 Å². The molecular weight excluding hydrogens is 418 g/mol. The van der Waals surface area contributed by atoms with Crippen molar-refractivity contribution in [1.29, 1.82) is 0 Å². The molecule has 164 valence electrons. The summed E-state index contributed by atoms with van der Waals surface area (Å²) in [6.45, 7) is 0.250. The van der Waals surface area contributed by atoms with Crippen LogP contribution < -0.4 is 11.1 Å². The number of nitrogens with one attached hydrogen (secondary N) is 1. The fourth-order valence-corrected chi connectivity index (χ4v) is 3.57. The minimum Gasteiger partial charge on any atom is -0.382 e. The molecule has 0 aliphatic heterocycles. The third-order valence-corrected chi connectivity index (χ3v) is 5.17. The number of rotatable bonds is 5. The van der Waals surface area contributed by atoms with Crippen molar-refractivity contribution in [1.82, 2.24) is 39.8 Å². The molecule has 1 aromatic carbocycles. The van der Waals surface area contributed by atoms with Crippen molar-refractivity contribution in [2.45, 2.75) is 6.54 Å². The highest BCUT2D eigenvalue weighted by Gasteiger charge is 2.21. The summed E-state index contributed by atoms with van der Waals surface area (Å²) < 4.78 is 3.35. The van der Waals surface area contributed by atoms with Gasteiger partial charge in [0, 0.05) is 43.6 Å². The van der Waals surface area contributed by atoms with Crippen LogP contribution >= 0.6 is 0 Å². The van der Waals surface area contributed by atoms with Crippen molar-refractivity contribution >= 4 is 22.6 Å². The summed E-state index contributed by atoms with van der Waals surface area (Å²) in [5.74, 6) is -0.401. The van der Waals surface area contributed by atoms with E-state index in [0.29, 0.717) is 17.1 Å². The molecule has 3 N–H and O–H groups in total. The van der Waals surface area contributed by atoms with Gasteiger partial charge in [-0.3, -0.25) is 19.1 Å². The number of hydrogen-bond donors (Lipinski definition) is 2. The molecule has 0 saturated carbocycles. The number of carbonyl (C=O) groups is 1. The van der Waals surface area contributed by atoms with Crippen LogP contribution in [0.15, 0.2) is 61.1 Å². The predicted molar refractivity (Wildman–Crippen MR) is 124 cm³/mol. The van der Waals surface area contributed by atoms with Gasteiger partial charge in [0.25, 0.3) is 5.91 Å². The lowest BCUT2D eigenvalue weighted by Gasteiger charge is -2.12. The third kappa shape index (κ3) is 4.01. The maximum atomic E-state index is 12.9. The first-order valence-corrected chi connectivity index (χ1v) is 10.3. The summed E-state index contributed by atoms with van der Waals surface area (Å²) in [6.07, 6.45) is 5.37. The average molecular weight is 439 g/mol. The molecule has 33 heavy (non-hydrogen) atoms. The first-order valence-electron chi connectivity index (χ1n) is 10.3. The lowest BCUT2D eigenvalue weighted by molar-refractivity contribution is 0.0946. The molecular formula is C23H21N9O. The average Bonchev–Trinajstić information content (AvgIpc) is 3.44. The second kappa shape index (κ2) is 8.15. The summed E-state index contributed by atoms with van der Waals surface area (Å²) in [6, 6.07) is 13.3. The van der Waals surface area contributed by atoms with Gasteiger partial charge in [-0.15, -0.1) is 0 Å². The smallest absolute Gasteiger partial charge is 0.274 e. The molecule has 5 aromatic rings. The fraction of sp³-hybridized carbons (Fsp3) is 0.130. The van der Waals surface area contributed by atoms with Crippen LogP contribution in [0.2, 0.25) is 0 Å². The number of aromatic nitrogens is 7. The van der Waals surface area contributed by atoms with Gasteiger partial charge in [0.1, 0.15) is 11.4 Å². The zero-order valence-corrected chi connectivity index (χ0v) is 18.1. The van der Waals surface area contributed by atoms with Crippen LogP contribution in [0.25, 0.3) is 33.5 Å². The first-order chi connectivity index (χ1) is 16.0. The second-order valence-corrected chi connectivity index (χ2v) is 7.60. The molecule has 0 unspecified atom stereocenters. The molecule has 10 heteroatoms. The Morgan fingerprint density at radius 1 is 1.00 bits per heavy atom. The molecule has 0 fully saturated rings. The van der Waals surface area contributed by atoms with Gasteiger partial charge < -0.3 is 11.1 Å². The van der Waals surface area contributed by atoms with Crippen LogP contribution in [0, 0.1) is 0 Å². The summed E-state index contributed by atoms with van der Waals surface area (Å²) in [7, 11) is 3.64. The normalized spacial score (nSPS) is 11.1. The molecule has 0 aliphatic carbocycles. The predicted octanol–water partition coefficient (Wildman–Crippen LogP) is 2.34. The van der Waals surface area contributed by atoms with Gasteiger partial charge in [-0.25, -0.2) is 9.97 Å². The SMILES string of the molecule is Cn1ccc(CNC(=O)c2nc(-c3ccc4ncccc4c3)c(-c3ccn(C)n3)nc2N)n1. The highest BCUT2D eigenvalue weighted by atomic mass is 16.1. The maximum Gasteiger partial charge on any atom is 0.274 e. The van der Waals surface area contributed by atoms with Crippen molar-refractivity contribution in [2.75, 3.05) is 5.73 Å². The summed E-state index contributed by atoms with van der Waals surface area (Å²) in [5, 5.41) is 12.5. The van der Waals surface area contributed by atoms with E-state index in [-0.39, 0.29) is 18.1 Å². The fourth-order valence-electron chi connectivity index (χ4n) is 3.57. The molecule has 4 aromatic heterocycles. The van der Waals surface area contributed by atoms with Gasteiger partial charge in [-0.2, -0.15) is 10.2 Å². The van der Waals surface area contributed by atoms with E-state index in [4.69, 9.17) is 5.73 Å². The second-order valence-electron chi connectivity index (χ2n) is 7.60. The Bertz CT molecular complexity index is 1480. The zero-order valence-electron chi connectivity index (χ0n) is 18.1. The molecule has 0 bridgehead atoms. The topological polar surface area (TPSA) is 129 Å². The Hall–Kier alpha value is -4.60. The van der Waals surface area contributed by atoms with Crippen LogP contribution in [0.1, 0.15) is 16.2 Å². The van der Waals surface area contributed by atoms with E-state index < -0.39 is 5.91 Å². The summed E-state index contributed by atoms with van der Waals surface area (Å²) >= 11 is 0. The van der Waals surface area contributed by atoms with Gasteiger partial charge in [0.2, 0.25) is 0 Å². The van der Waals surface area contributed by atoms with Gasteiger partial charge >= 0.3 is 0 Å². The molecule has 0 spiro atoms. The number of fused-ring (bicyclic) bond motifs is 1. The van der Waals surface area contributed by atoms with Crippen LogP contribution in [0.3, 0.4) is 0 Å². The molecule has 4 heterocycles.